The standard InChI is InChI=1S/C16H26N4O4/c1-3-23-15(22)17-11-8-13(21)19-16(9-6-4-5-7-10-16)14-18-12(2)24-20-14/h3-11H2,1-2H3,(H,17,22)(H,19,21). The Kier molecular flexibility index (Phi) is 6.57. The molecule has 8 heteroatoms. The van der Waals surface area contributed by atoms with E-state index < -0.39 is 11.6 Å². The van der Waals surface area contributed by atoms with Gasteiger partial charge in [-0.2, -0.15) is 4.98 Å². The molecule has 1 saturated carbocycles. The third kappa shape index (κ3) is 4.94. The molecule has 8 nitrogen and oxygen atoms in total. The maximum Gasteiger partial charge on any atom is 0.407 e. The normalized spacial score (nSPS) is 16.9. The van der Waals surface area contributed by atoms with E-state index in [1.807, 2.05) is 0 Å². The molecule has 1 aliphatic carbocycles. The Morgan fingerprint density at radius 1 is 1.25 bits per heavy atom. The van der Waals surface area contributed by atoms with Crippen LogP contribution >= 0.6 is 0 Å². The predicted molar refractivity (Wildman–Crippen MR) is 86.2 cm³/mol. The fraction of sp³-hybridized carbons (Fsp3) is 0.750. The summed E-state index contributed by atoms with van der Waals surface area (Å²) in [4.78, 5) is 28.0. The maximum atomic E-state index is 12.4. The summed E-state index contributed by atoms with van der Waals surface area (Å²) in [6, 6.07) is 0. The van der Waals surface area contributed by atoms with Crippen LogP contribution in [0.4, 0.5) is 4.79 Å². The van der Waals surface area contributed by atoms with Crippen LogP contribution in [-0.4, -0.2) is 35.3 Å². The van der Waals surface area contributed by atoms with Gasteiger partial charge in [-0.1, -0.05) is 30.8 Å². The Morgan fingerprint density at radius 3 is 2.54 bits per heavy atom. The van der Waals surface area contributed by atoms with Crippen molar-refractivity contribution in [1.82, 2.24) is 20.8 Å². The Morgan fingerprint density at radius 2 is 1.96 bits per heavy atom. The van der Waals surface area contributed by atoms with Gasteiger partial charge in [-0.05, 0) is 19.8 Å². The minimum atomic E-state index is -0.574. The van der Waals surface area contributed by atoms with Gasteiger partial charge in [0.15, 0.2) is 5.82 Å². The second-order valence-corrected chi connectivity index (χ2v) is 6.08. The molecule has 1 fully saturated rings. The van der Waals surface area contributed by atoms with Crippen LogP contribution in [0, 0.1) is 6.92 Å². The molecule has 0 aromatic carbocycles. The largest absolute Gasteiger partial charge is 0.450 e. The molecule has 1 aromatic heterocycles. The topological polar surface area (TPSA) is 106 Å². The van der Waals surface area contributed by atoms with Gasteiger partial charge in [-0.3, -0.25) is 4.79 Å². The summed E-state index contributed by atoms with van der Waals surface area (Å²) in [5.74, 6) is 0.900. The van der Waals surface area contributed by atoms with E-state index >= 15 is 0 Å². The lowest BCUT2D eigenvalue weighted by Gasteiger charge is -2.30. The van der Waals surface area contributed by atoms with Crippen molar-refractivity contribution in [2.45, 2.75) is 64.3 Å². The van der Waals surface area contributed by atoms with Crippen LogP contribution in [0.1, 0.15) is 63.6 Å². The summed E-state index contributed by atoms with van der Waals surface area (Å²) in [5.41, 5.74) is -0.574. The second kappa shape index (κ2) is 8.65. The number of hydrogen-bond donors (Lipinski definition) is 2. The molecule has 0 bridgehead atoms. The number of ether oxygens (including phenoxy) is 1. The summed E-state index contributed by atoms with van der Waals surface area (Å²) < 4.78 is 9.89. The molecular weight excluding hydrogens is 312 g/mol. The van der Waals surface area contributed by atoms with Gasteiger partial charge in [0, 0.05) is 19.9 Å². The molecule has 2 amide bonds. The monoisotopic (exact) mass is 338 g/mol. The van der Waals surface area contributed by atoms with Crippen molar-refractivity contribution in [1.29, 1.82) is 0 Å². The molecule has 24 heavy (non-hydrogen) atoms. The molecule has 0 aliphatic heterocycles. The molecular formula is C16H26N4O4. The molecule has 1 heterocycles. The maximum absolute atomic E-state index is 12.4. The first-order valence-electron chi connectivity index (χ1n) is 8.58. The molecule has 0 radical (unpaired) electrons. The zero-order valence-electron chi connectivity index (χ0n) is 14.4. The fourth-order valence-corrected chi connectivity index (χ4v) is 3.02. The molecule has 0 atom stereocenters. The smallest absolute Gasteiger partial charge is 0.407 e. The molecule has 0 unspecified atom stereocenters. The second-order valence-electron chi connectivity index (χ2n) is 6.08. The highest BCUT2D eigenvalue weighted by Gasteiger charge is 2.38. The van der Waals surface area contributed by atoms with Crippen molar-refractivity contribution in [3.8, 4) is 0 Å². The van der Waals surface area contributed by atoms with E-state index in [9.17, 15) is 9.59 Å². The number of carbonyl (C=O) groups is 2. The Hall–Kier alpha value is -2.12. The van der Waals surface area contributed by atoms with Crippen LogP contribution in [0.15, 0.2) is 4.52 Å². The third-order valence-electron chi connectivity index (χ3n) is 4.19. The predicted octanol–water partition coefficient (Wildman–Crippen LogP) is 2.18. The molecule has 1 aliphatic rings. The first-order chi connectivity index (χ1) is 11.6. The lowest BCUT2D eigenvalue weighted by molar-refractivity contribution is -0.123. The van der Waals surface area contributed by atoms with Crippen LogP contribution in [0.2, 0.25) is 0 Å². The number of nitrogens with one attached hydrogen (secondary N) is 2. The number of amides is 2. The van der Waals surface area contributed by atoms with Crippen LogP contribution in [0.5, 0.6) is 0 Å². The van der Waals surface area contributed by atoms with Crippen molar-refractivity contribution in [3.05, 3.63) is 11.7 Å². The van der Waals surface area contributed by atoms with Gasteiger partial charge >= 0.3 is 6.09 Å². The summed E-state index contributed by atoms with van der Waals surface area (Å²) in [7, 11) is 0. The van der Waals surface area contributed by atoms with Crippen molar-refractivity contribution in [2.24, 2.45) is 0 Å². The fourth-order valence-electron chi connectivity index (χ4n) is 3.02. The van der Waals surface area contributed by atoms with Crippen LogP contribution in [0.3, 0.4) is 0 Å². The van der Waals surface area contributed by atoms with Gasteiger partial charge in [-0.15, -0.1) is 0 Å². The first kappa shape index (κ1) is 18.2. The van der Waals surface area contributed by atoms with Gasteiger partial charge in [0.05, 0.1) is 6.61 Å². The lowest BCUT2D eigenvalue weighted by atomic mass is 9.89. The highest BCUT2D eigenvalue weighted by Crippen LogP contribution is 2.34. The average Bonchev–Trinajstić information content (AvgIpc) is 2.84. The van der Waals surface area contributed by atoms with Crippen LogP contribution in [-0.2, 0) is 15.1 Å². The SMILES string of the molecule is CCOC(=O)NCCC(=O)NC1(c2noc(C)n2)CCCCCC1. The summed E-state index contributed by atoms with van der Waals surface area (Å²) in [6.07, 6.45) is 5.55. The zero-order valence-corrected chi connectivity index (χ0v) is 14.4. The van der Waals surface area contributed by atoms with E-state index in [2.05, 4.69) is 20.8 Å². The highest BCUT2D eigenvalue weighted by molar-refractivity contribution is 5.78. The van der Waals surface area contributed by atoms with E-state index in [0.29, 0.717) is 18.3 Å². The van der Waals surface area contributed by atoms with Crippen molar-refractivity contribution >= 4 is 12.0 Å². The Balaban J connectivity index is 1.97. The van der Waals surface area contributed by atoms with E-state index in [-0.39, 0.29) is 18.9 Å². The number of rotatable bonds is 6. The zero-order chi connectivity index (χ0) is 17.4. The van der Waals surface area contributed by atoms with Gasteiger partial charge in [0.1, 0.15) is 5.54 Å². The average molecular weight is 338 g/mol. The summed E-state index contributed by atoms with van der Waals surface area (Å²) in [5, 5.41) is 9.69. The Labute approximate surface area is 141 Å². The third-order valence-corrected chi connectivity index (χ3v) is 4.19. The van der Waals surface area contributed by atoms with Crippen LogP contribution < -0.4 is 10.6 Å². The van der Waals surface area contributed by atoms with Crippen molar-refractivity contribution < 1.29 is 18.8 Å². The van der Waals surface area contributed by atoms with Gasteiger partial charge in [0.2, 0.25) is 11.8 Å². The Bertz CT molecular complexity index is 550. The van der Waals surface area contributed by atoms with Gasteiger partial charge < -0.3 is 19.9 Å². The highest BCUT2D eigenvalue weighted by atomic mass is 16.5. The summed E-state index contributed by atoms with van der Waals surface area (Å²) in [6.45, 7) is 4.01. The molecule has 2 rings (SSSR count). The molecule has 0 saturated heterocycles. The number of carbonyl (C=O) groups excluding carboxylic acids is 2. The number of hydrogen-bond acceptors (Lipinski definition) is 6. The molecule has 2 N–H and O–H groups in total. The molecule has 1 aromatic rings. The summed E-state index contributed by atoms with van der Waals surface area (Å²) >= 11 is 0. The van der Waals surface area contributed by atoms with Crippen molar-refractivity contribution in [3.63, 3.8) is 0 Å². The minimum absolute atomic E-state index is 0.142. The number of nitrogens with zero attached hydrogens (tertiary/aromatic N) is 2. The molecule has 134 valence electrons. The van der Waals surface area contributed by atoms with Crippen LogP contribution in [0.25, 0.3) is 0 Å². The van der Waals surface area contributed by atoms with Crippen molar-refractivity contribution in [2.75, 3.05) is 13.2 Å². The van der Waals surface area contributed by atoms with E-state index in [0.717, 1.165) is 38.5 Å². The number of alkyl carbamates (subject to hydrolysis) is 1. The van der Waals surface area contributed by atoms with E-state index in [4.69, 9.17) is 9.26 Å². The number of aromatic nitrogens is 2. The first-order valence-corrected chi connectivity index (χ1v) is 8.58. The van der Waals surface area contributed by atoms with E-state index in [1.54, 1.807) is 13.8 Å². The quantitative estimate of drug-likeness (QED) is 0.770. The molecule has 0 spiro atoms. The van der Waals surface area contributed by atoms with Gasteiger partial charge in [-0.25, -0.2) is 4.79 Å². The lowest BCUT2D eigenvalue weighted by Crippen LogP contribution is -2.47. The number of aryl methyl sites for hydroxylation is 1. The van der Waals surface area contributed by atoms with E-state index in [1.165, 1.54) is 0 Å². The van der Waals surface area contributed by atoms with Gasteiger partial charge in [0.25, 0.3) is 0 Å². The minimum Gasteiger partial charge on any atom is -0.450 e.